The number of nitrogens with one attached hydrogen (secondary N) is 1. The third-order valence-corrected chi connectivity index (χ3v) is 4.75. The fourth-order valence-corrected chi connectivity index (χ4v) is 3.53. The molecule has 1 N–H and O–H groups in total. The van der Waals surface area contributed by atoms with Crippen LogP contribution in [0.4, 0.5) is 4.39 Å². The molecule has 0 radical (unpaired) electrons. The summed E-state index contributed by atoms with van der Waals surface area (Å²) in [6.07, 6.45) is 1.30. The van der Waals surface area contributed by atoms with Crippen LogP contribution in [0.5, 0.6) is 0 Å². The Balaban J connectivity index is 1.75. The number of rotatable bonds is 5. The van der Waals surface area contributed by atoms with Crippen molar-refractivity contribution < 1.29 is 13.9 Å². The Kier molecular flexibility index (Phi) is 4.95. The van der Waals surface area contributed by atoms with Gasteiger partial charge in [0.25, 0.3) is 0 Å². The summed E-state index contributed by atoms with van der Waals surface area (Å²) in [6, 6.07) is 14.2. The SMILES string of the molecule is CCC(C(=O)NC1Cc2ccccc2C1OC)c1ccc(F)cc1. The molecule has 0 saturated heterocycles. The molecular formula is C20H22FNO2. The monoisotopic (exact) mass is 327 g/mol. The molecule has 0 saturated carbocycles. The van der Waals surface area contributed by atoms with E-state index in [0.29, 0.717) is 6.42 Å². The number of carbonyl (C=O) groups excluding carboxylic acids is 1. The number of benzene rings is 2. The van der Waals surface area contributed by atoms with Crippen molar-refractivity contribution in [2.24, 2.45) is 0 Å². The Hall–Kier alpha value is -2.20. The first-order chi connectivity index (χ1) is 11.6. The number of hydrogen-bond donors (Lipinski definition) is 1. The fourth-order valence-electron chi connectivity index (χ4n) is 3.53. The molecule has 126 valence electrons. The van der Waals surface area contributed by atoms with E-state index < -0.39 is 0 Å². The van der Waals surface area contributed by atoms with E-state index in [2.05, 4.69) is 11.4 Å². The summed E-state index contributed by atoms with van der Waals surface area (Å²) < 4.78 is 18.7. The van der Waals surface area contributed by atoms with Gasteiger partial charge >= 0.3 is 0 Å². The number of carbonyl (C=O) groups is 1. The highest BCUT2D eigenvalue weighted by molar-refractivity contribution is 5.84. The Morgan fingerprint density at radius 3 is 2.62 bits per heavy atom. The molecule has 3 nitrogen and oxygen atoms in total. The molecule has 1 aliphatic rings. The van der Waals surface area contributed by atoms with Crippen molar-refractivity contribution >= 4 is 5.91 Å². The first-order valence-corrected chi connectivity index (χ1v) is 8.30. The lowest BCUT2D eigenvalue weighted by Crippen LogP contribution is -2.41. The molecule has 2 aromatic carbocycles. The van der Waals surface area contributed by atoms with E-state index in [9.17, 15) is 9.18 Å². The largest absolute Gasteiger partial charge is 0.375 e. The molecule has 24 heavy (non-hydrogen) atoms. The maximum absolute atomic E-state index is 13.1. The molecule has 0 fully saturated rings. The van der Waals surface area contributed by atoms with Gasteiger partial charge in [-0.15, -0.1) is 0 Å². The van der Waals surface area contributed by atoms with E-state index in [0.717, 1.165) is 17.5 Å². The summed E-state index contributed by atoms with van der Waals surface area (Å²) in [7, 11) is 1.67. The van der Waals surface area contributed by atoms with E-state index in [1.807, 2.05) is 25.1 Å². The van der Waals surface area contributed by atoms with Gasteiger partial charge in [0.1, 0.15) is 11.9 Å². The van der Waals surface area contributed by atoms with Crippen LogP contribution >= 0.6 is 0 Å². The van der Waals surface area contributed by atoms with Crippen LogP contribution in [-0.2, 0) is 16.0 Å². The number of ether oxygens (including phenoxy) is 1. The third kappa shape index (κ3) is 3.20. The van der Waals surface area contributed by atoms with Gasteiger partial charge in [-0.05, 0) is 41.7 Å². The van der Waals surface area contributed by atoms with Crippen LogP contribution in [0.15, 0.2) is 48.5 Å². The summed E-state index contributed by atoms with van der Waals surface area (Å²) >= 11 is 0. The van der Waals surface area contributed by atoms with Crippen LogP contribution < -0.4 is 5.32 Å². The minimum absolute atomic E-state index is 0.0380. The molecule has 2 aromatic rings. The molecule has 3 atom stereocenters. The topological polar surface area (TPSA) is 38.3 Å². The second-order valence-electron chi connectivity index (χ2n) is 6.19. The number of halogens is 1. The first kappa shape index (κ1) is 16.7. The van der Waals surface area contributed by atoms with Gasteiger partial charge < -0.3 is 10.1 Å². The van der Waals surface area contributed by atoms with Crippen molar-refractivity contribution in [3.8, 4) is 0 Å². The van der Waals surface area contributed by atoms with Crippen molar-refractivity contribution in [2.45, 2.75) is 37.8 Å². The molecule has 3 unspecified atom stereocenters. The Morgan fingerprint density at radius 2 is 1.96 bits per heavy atom. The molecular weight excluding hydrogens is 305 g/mol. The minimum Gasteiger partial charge on any atom is -0.375 e. The van der Waals surface area contributed by atoms with Crippen LogP contribution in [-0.4, -0.2) is 19.1 Å². The third-order valence-electron chi connectivity index (χ3n) is 4.75. The maximum atomic E-state index is 13.1. The minimum atomic E-state index is -0.292. The van der Waals surface area contributed by atoms with Crippen molar-refractivity contribution in [3.05, 3.63) is 71.0 Å². The average Bonchev–Trinajstić information content (AvgIpc) is 2.94. The van der Waals surface area contributed by atoms with Gasteiger partial charge in [0.2, 0.25) is 5.91 Å². The lowest BCUT2D eigenvalue weighted by molar-refractivity contribution is -0.124. The first-order valence-electron chi connectivity index (χ1n) is 8.30. The second-order valence-corrected chi connectivity index (χ2v) is 6.19. The van der Waals surface area contributed by atoms with Crippen molar-refractivity contribution in [1.82, 2.24) is 5.32 Å². The molecule has 1 amide bonds. The highest BCUT2D eigenvalue weighted by Crippen LogP contribution is 2.34. The van der Waals surface area contributed by atoms with E-state index in [1.165, 1.54) is 17.7 Å². The summed E-state index contributed by atoms with van der Waals surface area (Å²) in [6.45, 7) is 1.96. The summed E-state index contributed by atoms with van der Waals surface area (Å²) in [4.78, 5) is 12.8. The van der Waals surface area contributed by atoms with Gasteiger partial charge in [-0.25, -0.2) is 4.39 Å². The van der Waals surface area contributed by atoms with Gasteiger partial charge in [-0.1, -0.05) is 43.3 Å². The standard InChI is InChI=1S/C20H22FNO2/c1-3-16(13-8-10-15(21)11-9-13)20(23)22-18-12-14-6-4-5-7-17(14)19(18)24-2/h4-11,16,18-19H,3,12H2,1-2H3,(H,22,23). The van der Waals surface area contributed by atoms with Crippen LogP contribution in [0.1, 0.15) is 42.1 Å². The lowest BCUT2D eigenvalue weighted by atomic mass is 9.95. The smallest absolute Gasteiger partial charge is 0.227 e. The number of fused-ring (bicyclic) bond motifs is 1. The van der Waals surface area contributed by atoms with E-state index >= 15 is 0 Å². The highest BCUT2D eigenvalue weighted by atomic mass is 19.1. The average molecular weight is 327 g/mol. The normalized spacial score (nSPS) is 20.5. The quantitative estimate of drug-likeness (QED) is 0.908. The number of hydrogen-bond acceptors (Lipinski definition) is 2. The van der Waals surface area contributed by atoms with Gasteiger partial charge in [-0.3, -0.25) is 4.79 Å². The van der Waals surface area contributed by atoms with Gasteiger partial charge in [0.05, 0.1) is 12.0 Å². The highest BCUT2D eigenvalue weighted by Gasteiger charge is 2.34. The van der Waals surface area contributed by atoms with E-state index in [1.54, 1.807) is 19.2 Å². The number of amides is 1. The fraction of sp³-hybridized carbons (Fsp3) is 0.350. The van der Waals surface area contributed by atoms with Crippen LogP contribution in [0.25, 0.3) is 0 Å². The van der Waals surface area contributed by atoms with E-state index in [4.69, 9.17) is 4.74 Å². The molecule has 0 bridgehead atoms. The molecule has 0 spiro atoms. The molecule has 1 aliphatic carbocycles. The zero-order valence-corrected chi connectivity index (χ0v) is 14.0. The summed E-state index contributed by atoms with van der Waals surface area (Å²) in [5, 5.41) is 3.13. The molecule has 3 rings (SSSR count). The van der Waals surface area contributed by atoms with E-state index in [-0.39, 0.29) is 29.8 Å². The zero-order chi connectivity index (χ0) is 17.1. The van der Waals surface area contributed by atoms with Crippen LogP contribution in [0, 0.1) is 5.82 Å². The Morgan fingerprint density at radius 1 is 1.25 bits per heavy atom. The van der Waals surface area contributed by atoms with Crippen LogP contribution in [0.3, 0.4) is 0 Å². The van der Waals surface area contributed by atoms with Crippen molar-refractivity contribution in [1.29, 1.82) is 0 Å². The molecule has 4 heteroatoms. The predicted octanol–water partition coefficient (Wildman–Crippen LogP) is 3.75. The molecule has 0 aromatic heterocycles. The van der Waals surface area contributed by atoms with Gasteiger partial charge in [0, 0.05) is 7.11 Å². The van der Waals surface area contributed by atoms with Gasteiger partial charge in [0.15, 0.2) is 0 Å². The maximum Gasteiger partial charge on any atom is 0.227 e. The predicted molar refractivity (Wildman–Crippen MR) is 91.3 cm³/mol. The van der Waals surface area contributed by atoms with Crippen molar-refractivity contribution in [3.63, 3.8) is 0 Å². The Labute approximate surface area is 141 Å². The van der Waals surface area contributed by atoms with Crippen molar-refractivity contribution in [2.75, 3.05) is 7.11 Å². The Bertz CT molecular complexity index is 714. The molecule has 0 heterocycles. The molecule has 0 aliphatic heterocycles. The van der Waals surface area contributed by atoms with Gasteiger partial charge in [-0.2, -0.15) is 0 Å². The van der Waals surface area contributed by atoms with Crippen LogP contribution in [0.2, 0.25) is 0 Å². The summed E-state index contributed by atoms with van der Waals surface area (Å²) in [5.74, 6) is -0.615. The zero-order valence-electron chi connectivity index (χ0n) is 14.0. The lowest BCUT2D eigenvalue weighted by Gasteiger charge is -2.23. The second kappa shape index (κ2) is 7.14. The number of methoxy groups -OCH3 is 1. The summed E-state index contributed by atoms with van der Waals surface area (Å²) in [5.41, 5.74) is 3.19.